The molecule has 0 radical (unpaired) electrons. The Balaban J connectivity index is 1.88. The van der Waals surface area contributed by atoms with Crippen LogP contribution in [0.5, 0.6) is 0 Å². The third-order valence-electron chi connectivity index (χ3n) is 3.79. The summed E-state index contributed by atoms with van der Waals surface area (Å²) in [6, 6.07) is 8.37. The highest BCUT2D eigenvalue weighted by atomic mass is 32.2. The van der Waals surface area contributed by atoms with Gasteiger partial charge in [-0.3, -0.25) is 14.1 Å². The Morgan fingerprint density at radius 3 is 2.61 bits per heavy atom. The van der Waals surface area contributed by atoms with Crippen molar-refractivity contribution >= 4 is 27.3 Å². The summed E-state index contributed by atoms with van der Waals surface area (Å²) in [6.07, 6.45) is 5.00. The van der Waals surface area contributed by atoms with Crippen molar-refractivity contribution < 1.29 is 13.2 Å². The zero-order chi connectivity index (χ0) is 16.6. The summed E-state index contributed by atoms with van der Waals surface area (Å²) in [6.45, 7) is 1.86. The van der Waals surface area contributed by atoms with Crippen LogP contribution in [0.3, 0.4) is 0 Å². The molecule has 0 saturated carbocycles. The van der Waals surface area contributed by atoms with Crippen LogP contribution in [-0.2, 0) is 16.4 Å². The molecule has 6 nitrogen and oxygen atoms in total. The Kier molecular flexibility index (Phi) is 3.81. The summed E-state index contributed by atoms with van der Waals surface area (Å²) in [5.74, 6) is -0.232. The first-order valence-corrected chi connectivity index (χ1v) is 9.05. The molecule has 1 aliphatic heterocycles. The van der Waals surface area contributed by atoms with E-state index < -0.39 is 10.0 Å². The maximum atomic E-state index is 12.3. The van der Waals surface area contributed by atoms with Gasteiger partial charge in [0, 0.05) is 29.7 Å². The number of sulfonamides is 1. The molecule has 23 heavy (non-hydrogen) atoms. The van der Waals surface area contributed by atoms with Gasteiger partial charge in [-0.1, -0.05) is 0 Å². The van der Waals surface area contributed by atoms with Crippen molar-refractivity contribution in [2.45, 2.75) is 19.4 Å². The van der Waals surface area contributed by atoms with Crippen LogP contribution in [-0.4, -0.2) is 31.6 Å². The van der Waals surface area contributed by atoms with Crippen molar-refractivity contribution in [2.24, 2.45) is 0 Å². The Labute approximate surface area is 135 Å². The van der Waals surface area contributed by atoms with E-state index in [-0.39, 0.29) is 11.9 Å². The van der Waals surface area contributed by atoms with Crippen LogP contribution in [0.4, 0.5) is 11.4 Å². The highest BCUT2D eigenvalue weighted by molar-refractivity contribution is 7.92. The van der Waals surface area contributed by atoms with Gasteiger partial charge in [-0.05, 0) is 49.2 Å². The largest absolute Gasteiger partial charge is 0.322 e. The molecule has 1 atom stereocenters. The monoisotopic (exact) mass is 331 g/mol. The fourth-order valence-electron chi connectivity index (χ4n) is 2.89. The number of aromatic nitrogens is 1. The van der Waals surface area contributed by atoms with Crippen LogP contribution in [0.15, 0.2) is 42.7 Å². The quantitative estimate of drug-likeness (QED) is 0.933. The fraction of sp³-hybridized carbons (Fsp3) is 0.250. The van der Waals surface area contributed by atoms with Gasteiger partial charge >= 0.3 is 0 Å². The number of carbonyl (C=O) groups excluding carboxylic acids is 1. The summed E-state index contributed by atoms with van der Waals surface area (Å²) in [5.41, 5.74) is 2.69. The topological polar surface area (TPSA) is 79.4 Å². The number of rotatable bonds is 3. The van der Waals surface area contributed by atoms with Gasteiger partial charge < -0.3 is 5.32 Å². The summed E-state index contributed by atoms with van der Waals surface area (Å²) in [7, 11) is -3.32. The van der Waals surface area contributed by atoms with Crippen LogP contribution >= 0.6 is 0 Å². The molecule has 0 saturated heterocycles. The summed E-state index contributed by atoms with van der Waals surface area (Å²) < 4.78 is 25.2. The number of carbonyl (C=O) groups is 1. The van der Waals surface area contributed by atoms with Gasteiger partial charge in [-0.25, -0.2) is 8.42 Å². The van der Waals surface area contributed by atoms with E-state index in [0.717, 1.165) is 5.56 Å². The normalized spacial score (nSPS) is 17.0. The van der Waals surface area contributed by atoms with E-state index in [1.54, 1.807) is 42.7 Å². The van der Waals surface area contributed by atoms with E-state index in [2.05, 4.69) is 10.3 Å². The van der Waals surface area contributed by atoms with Gasteiger partial charge in [0.15, 0.2) is 0 Å². The fourth-order valence-corrected chi connectivity index (χ4v) is 4.15. The average Bonchev–Trinajstić information content (AvgIpc) is 2.82. The van der Waals surface area contributed by atoms with E-state index in [0.29, 0.717) is 23.4 Å². The van der Waals surface area contributed by atoms with Crippen molar-refractivity contribution in [1.82, 2.24) is 4.98 Å². The van der Waals surface area contributed by atoms with Gasteiger partial charge in [0.05, 0.1) is 11.9 Å². The van der Waals surface area contributed by atoms with Crippen molar-refractivity contribution in [3.05, 3.63) is 53.9 Å². The second kappa shape index (κ2) is 5.66. The third kappa shape index (κ3) is 3.05. The zero-order valence-electron chi connectivity index (χ0n) is 12.9. The SMILES string of the molecule is CC1Cc2cc(C(=O)Nc3ccncc3)ccc2N1S(C)(=O)=O. The Morgan fingerprint density at radius 2 is 1.96 bits per heavy atom. The van der Waals surface area contributed by atoms with E-state index in [4.69, 9.17) is 0 Å². The van der Waals surface area contributed by atoms with Crippen LogP contribution in [0, 0.1) is 0 Å². The molecular formula is C16H17N3O3S. The average molecular weight is 331 g/mol. The highest BCUT2D eigenvalue weighted by Crippen LogP contribution is 2.34. The number of benzene rings is 1. The minimum Gasteiger partial charge on any atom is -0.322 e. The molecule has 1 N–H and O–H groups in total. The Bertz CT molecular complexity index is 850. The number of amides is 1. The van der Waals surface area contributed by atoms with E-state index >= 15 is 0 Å². The lowest BCUT2D eigenvalue weighted by atomic mass is 10.1. The van der Waals surface area contributed by atoms with Gasteiger partial charge in [-0.2, -0.15) is 0 Å². The molecule has 0 bridgehead atoms. The molecule has 0 fully saturated rings. The minimum atomic E-state index is -3.32. The van der Waals surface area contributed by atoms with E-state index in [1.165, 1.54) is 10.6 Å². The first-order valence-electron chi connectivity index (χ1n) is 7.20. The molecule has 1 aromatic heterocycles. The highest BCUT2D eigenvalue weighted by Gasteiger charge is 2.32. The number of nitrogens with zero attached hydrogens (tertiary/aromatic N) is 2. The molecule has 1 unspecified atom stereocenters. The molecule has 3 rings (SSSR count). The number of anilines is 2. The molecule has 120 valence electrons. The first kappa shape index (κ1) is 15.5. The Hall–Kier alpha value is -2.41. The van der Waals surface area contributed by atoms with Crippen molar-refractivity contribution in [3.8, 4) is 0 Å². The van der Waals surface area contributed by atoms with Crippen LogP contribution in [0.1, 0.15) is 22.8 Å². The second-order valence-electron chi connectivity index (χ2n) is 5.65. The predicted molar refractivity (Wildman–Crippen MR) is 89.1 cm³/mol. The lowest BCUT2D eigenvalue weighted by molar-refractivity contribution is 0.102. The lowest BCUT2D eigenvalue weighted by Crippen LogP contribution is -2.34. The van der Waals surface area contributed by atoms with Crippen molar-refractivity contribution in [3.63, 3.8) is 0 Å². The van der Waals surface area contributed by atoms with E-state index in [9.17, 15) is 13.2 Å². The lowest BCUT2D eigenvalue weighted by Gasteiger charge is -2.21. The maximum Gasteiger partial charge on any atom is 0.255 e. The molecule has 1 aliphatic rings. The number of pyridine rings is 1. The molecule has 7 heteroatoms. The van der Waals surface area contributed by atoms with Crippen molar-refractivity contribution in [2.75, 3.05) is 15.9 Å². The summed E-state index contributed by atoms with van der Waals surface area (Å²) >= 11 is 0. The third-order valence-corrected chi connectivity index (χ3v) is 5.06. The standard InChI is InChI=1S/C16H17N3O3S/c1-11-9-13-10-12(3-4-15(13)19(11)23(2,21)22)16(20)18-14-5-7-17-8-6-14/h3-8,10-11H,9H2,1-2H3,(H,17,18,20). The van der Waals surface area contributed by atoms with Gasteiger partial charge in [0.2, 0.25) is 10.0 Å². The van der Waals surface area contributed by atoms with Crippen LogP contribution in [0.25, 0.3) is 0 Å². The first-order chi connectivity index (χ1) is 10.9. The molecule has 2 heterocycles. The molecule has 0 aliphatic carbocycles. The molecular weight excluding hydrogens is 314 g/mol. The predicted octanol–water partition coefficient (Wildman–Crippen LogP) is 2.04. The van der Waals surface area contributed by atoms with Gasteiger partial charge in [-0.15, -0.1) is 0 Å². The summed E-state index contributed by atoms with van der Waals surface area (Å²) in [5, 5.41) is 2.79. The van der Waals surface area contributed by atoms with E-state index in [1.807, 2.05) is 6.92 Å². The number of hydrogen-bond acceptors (Lipinski definition) is 4. The number of fused-ring (bicyclic) bond motifs is 1. The van der Waals surface area contributed by atoms with Crippen LogP contribution < -0.4 is 9.62 Å². The molecule has 1 amide bonds. The maximum absolute atomic E-state index is 12.3. The minimum absolute atomic E-state index is 0.140. The number of hydrogen-bond donors (Lipinski definition) is 1. The smallest absolute Gasteiger partial charge is 0.255 e. The Morgan fingerprint density at radius 1 is 1.26 bits per heavy atom. The van der Waals surface area contributed by atoms with Gasteiger partial charge in [0.1, 0.15) is 0 Å². The second-order valence-corrected chi connectivity index (χ2v) is 7.50. The summed E-state index contributed by atoms with van der Waals surface area (Å²) in [4.78, 5) is 16.2. The van der Waals surface area contributed by atoms with Crippen molar-refractivity contribution in [1.29, 1.82) is 0 Å². The molecule has 1 aromatic carbocycles. The van der Waals surface area contributed by atoms with Gasteiger partial charge in [0.25, 0.3) is 5.91 Å². The molecule has 0 spiro atoms. The van der Waals surface area contributed by atoms with Crippen LogP contribution in [0.2, 0.25) is 0 Å². The zero-order valence-corrected chi connectivity index (χ0v) is 13.7. The number of nitrogens with one attached hydrogen (secondary N) is 1. The molecule has 2 aromatic rings.